The monoisotopic (exact) mass is 494 g/mol. The molecule has 0 aliphatic heterocycles. The van der Waals surface area contributed by atoms with Crippen molar-refractivity contribution in [3.63, 3.8) is 0 Å². The molecule has 0 aromatic heterocycles. The van der Waals surface area contributed by atoms with Crippen LogP contribution >= 0.6 is 0 Å². The minimum absolute atomic E-state index is 0.0251. The molecule has 0 saturated heterocycles. The molecule has 192 valence electrons. The summed E-state index contributed by atoms with van der Waals surface area (Å²) in [4.78, 5) is 51.0. The standard InChI is InChI=1S/C24H31FN2O8/c1-6-32-19(28)17-16-15(34-21(30)26-14-11-9-8-10-13(14)25)12-24(18(16)17,20(29)33-7-2)27-22(31)35-23(3,4)5/h8-11,15-18H,6-7,12H2,1-5H3,(H,26,30)(H,27,31). The molecule has 5 unspecified atom stereocenters. The Morgan fingerprint density at radius 3 is 2.31 bits per heavy atom. The largest absolute Gasteiger partial charge is 0.466 e. The molecule has 0 bridgehead atoms. The summed E-state index contributed by atoms with van der Waals surface area (Å²) >= 11 is 0. The van der Waals surface area contributed by atoms with Crippen molar-refractivity contribution in [2.45, 2.75) is 58.3 Å². The number of hydrogen-bond acceptors (Lipinski definition) is 8. The van der Waals surface area contributed by atoms with E-state index in [-0.39, 0.29) is 25.3 Å². The third-order valence-electron chi connectivity index (χ3n) is 5.89. The molecule has 2 amide bonds. The van der Waals surface area contributed by atoms with Crippen LogP contribution in [0.2, 0.25) is 0 Å². The zero-order valence-corrected chi connectivity index (χ0v) is 20.4. The molecule has 11 heteroatoms. The van der Waals surface area contributed by atoms with Crippen molar-refractivity contribution < 1.29 is 42.5 Å². The summed E-state index contributed by atoms with van der Waals surface area (Å²) in [6.45, 7) is 8.38. The summed E-state index contributed by atoms with van der Waals surface area (Å²) in [6, 6.07) is 5.55. The molecule has 5 atom stereocenters. The molecule has 2 N–H and O–H groups in total. The van der Waals surface area contributed by atoms with Crippen LogP contribution in [-0.2, 0) is 28.5 Å². The summed E-state index contributed by atoms with van der Waals surface area (Å²) < 4.78 is 35.2. The molecule has 2 fully saturated rings. The summed E-state index contributed by atoms with van der Waals surface area (Å²) in [6.07, 6.45) is -2.96. The minimum atomic E-state index is -1.68. The van der Waals surface area contributed by atoms with Gasteiger partial charge in [-0.25, -0.2) is 18.8 Å². The second-order valence-corrected chi connectivity index (χ2v) is 9.45. The summed E-state index contributed by atoms with van der Waals surface area (Å²) in [5.74, 6) is -4.16. The number of ether oxygens (including phenoxy) is 4. The van der Waals surface area contributed by atoms with Crippen LogP contribution in [-0.4, -0.2) is 54.6 Å². The average molecular weight is 495 g/mol. The van der Waals surface area contributed by atoms with Crippen molar-refractivity contribution in [3.05, 3.63) is 30.1 Å². The Hall–Kier alpha value is -3.37. The first-order chi connectivity index (χ1) is 16.4. The highest BCUT2D eigenvalue weighted by Crippen LogP contribution is 2.64. The van der Waals surface area contributed by atoms with Gasteiger partial charge in [0.1, 0.15) is 23.1 Å². The summed E-state index contributed by atoms with van der Waals surface area (Å²) in [7, 11) is 0. The van der Waals surface area contributed by atoms with Gasteiger partial charge in [0.25, 0.3) is 0 Å². The van der Waals surface area contributed by atoms with Crippen molar-refractivity contribution >= 4 is 29.8 Å². The van der Waals surface area contributed by atoms with Gasteiger partial charge >= 0.3 is 24.1 Å². The lowest BCUT2D eigenvalue weighted by molar-refractivity contribution is -0.154. The quantitative estimate of drug-likeness (QED) is 0.436. The molecule has 2 saturated carbocycles. The number of anilines is 1. The molecule has 1 aromatic carbocycles. The smallest absolute Gasteiger partial charge is 0.411 e. The number of carbonyl (C=O) groups excluding carboxylic acids is 4. The molecule has 35 heavy (non-hydrogen) atoms. The SMILES string of the molecule is CCOC(=O)C1C2C(OC(=O)Nc3ccccc3F)CC(NC(=O)OC(C)(C)C)(C(=O)OCC)C12. The van der Waals surface area contributed by atoms with Gasteiger partial charge in [-0.05, 0) is 46.8 Å². The minimum Gasteiger partial charge on any atom is -0.466 e. The van der Waals surface area contributed by atoms with Gasteiger partial charge in [-0.3, -0.25) is 10.1 Å². The third-order valence-corrected chi connectivity index (χ3v) is 5.89. The van der Waals surface area contributed by atoms with Crippen molar-refractivity contribution in [3.8, 4) is 0 Å². The van der Waals surface area contributed by atoms with Gasteiger partial charge in [0.15, 0.2) is 0 Å². The van der Waals surface area contributed by atoms with Gasteiger partial charge in [0.2, 0.25) is 0 Å². The van der Waals surface area contributed by atoms with Crippen LogP contribution in [0.15, 0.2) is 24.3 Å². The fourth-order valence-electron chi connectivity index (χ4n) is 4.67. The molecule has 1 aromatic rings. The van der Waals surface area contributed by atoms with E-state index in [0.29, 0.717) is 0 Å². The maximum absolute atomic E-state index is 13.9. The number of amides is 2. The van der Waals surface area contributed by atoms with E-state index in [1.54, 1.807) is 40.7 Å². The van der Waals surface area contributed by atoms with Crippen molar-refractivity contribution in [1.29, 1.82) is 0 Å². The number of halogens is 1. The van der Waals surface area contributed by atoms with Gasteiger partial charge < -0.3 is 24.3 Å². The number of alkyl carbamates (subject to hydrolysis) is 1. The Bertz CT molecular complexity index is 994. The highest BCUT2D eigenvalue weighted by molar-refractivity contribution is 5.91. The van der Waals surface area contributed by atoms with Crippen molar-refractivity contribution in [2.24, 2.45) is 17.8 Å². The van der Waals surface area contributed by atoms with Crippen LogP contribution < -0.4 is 10.6 Å². The van der Waals surface area contributed by atoms with Crippen LogP contribution in [0.25, 0.3) is 0 Å². The molecule has 0 heterocycles. The predicted molar refractivity (Wildman–Crippen MR) is 121 cm³/mol. The first kappa shape index (κ1) is 26.2. The Balaban J connectivity index is 1.87. The van der Waals surface area contributed by atoms with Crippen LogP contribution in [0, 0.1) is 23.6 Å². The Morgan fingerprint density at radius 2 is 1.71 bits per heavy atom. The lowest BCUT2D eigenvalue weighted by Gasteiger charge is -2.33. The highest BCUT2D eigenvalue weighted by Gasteiger charge is 2.77. The molecule has 3 rings (SSSR count). The van der Waals surface area contributed by atoms with Crippen molar-refractivity contribution in [2.75, 3.05) is 18.5 Å². The number of benzene rings is 1. The maximum atomic E-state index is 13.9. The molecular weight excluding hydrogens is 463 g/mol. The van der Waals surface area contributed by atoms with E-state index in [2.05, 4.69) is 10.6 Å². The molecule has 2 aliphatic rings. The maximum Gasteiger partial charge on any atom is 0.411 e. The first-order valence-electron chi connectivity index (χ1n) is 11.5. The van der Waals surface area contributed by atoms with E-state index in [0.717, 1.165) is 0 Å². The predicted octanol–water partition coefficient (Wildman–Crippen LogP) is 3.40. The molecule has 10 nitrogen and oxygen atoms in total. The van der Waals surface area contributed by atoms with E-state index >= 15 is 0 Å². The van der Waals surface area contributed by atoms with Crippen LogP contribution in [0.4, 0.5) is 19.7 Å². The summed E-state index contributed by atoms with van der Waals surface area (Å²) in [5, 5.41) is 4.92. The number of nitrogens with one attached hydrogen (secondary N) is 2. The lowest BCUT2D eigenvalue weighted by Crippen LogP contribution is -2.58. The van der Waals surface area contributed by atoms with E-state index in [4.69, 9.17) is 18.9 Å². The Labute approximate surface area is 202 Å². The third kappa shape index (κ3) is 5.66. The number of fused-ring (bicyclic) bond motifs is 1. The van der Waals surface area contributed by atoms with Crippen LogP contribution in [0.1, 0.15) is 41.0 Å². The second kappa shape index (κ2) is 10.1. The zero-order chi connectivity index (χ0) is 26.0. The van der Waals surface area contributed by atoms with Crippen molar-refractivity contribution in [1.82, 2.24) is 5.32 Å². The van der Waals surface area contributed by atoms with Gasteiger partial charge in [-0.2, -0.15) is 0 Å². The molecule has 0 spiro atoms. The van der Waals surface area contributed by atoms with Gasteiger partial charge in [0.05, 0.1) is 24.8 Å². The van der Waals surface area contributed by atoms with E-state index in [1.165, 1.54) is 18.2 Å². The van der Waals surface area contributed by atoms with Crippen LogP contribution in [0.5, 0.6) is 0 Å². The van der Waals surface area contributed by atoms with Gasteiger partial charge in [0, 0.05) is 18.3 Å². The molecule has 2 aliphatic carbocycles. The van der Waals surface area contributed by atoms with E-state index in [1.807, 2.05) is 0 Å². The number of carbonyl (C=O) groups is 4. The fourth-order valence-corrected chi connectivity index (χ4v) is 4.67. The number of esters is 2. The number of para-hydroxylation sites is 1. The lowest BCUT2D eigenvalue weighted by atomic mass is 9.89. The zero-order valence-electron chi connectivity index (χ0n) is 20.4. The highest BCUT2D eigenvalue weighted by atomic mass is 19.1. The second-order valence-electron chi connectivity index (χ2n) is 9.45. The fraction of sp³-hybridized carbons (Fsp3) is 0.583. The topological polar surface area (TPSA) is 129 Å². The van der Waals surface area contributed by atoms with E-state index < -0.39 is 64.9 Å². The number of rotatable bonds is 7. The molecular formula is C24H31FN2O8. The molecule has 0 radical (unpaired) electrons. The van der Waals surface area contributed by atoms with Crippen LogP contribution in [0.3, 0.4) is 0 Å². The first-order valence-corrected chi connectivity index (χ1v) is 11.5. The Kier molecular flexibility index (Phi) is 7.56. The van der Waals surface area contributed by atoms with Gasteiger partial charge in [-0.1, -0.05) is 12.1 Å². The average Bonchev–Trinajstić information content (AvgIpc) is 3.42. The summed E-state index contributed by atoms with van der Waals surface area (Å²) in [5.41, 5.74) is -2.62. The normalized spacial score (nSPS) is 26.7. The Morgan fingerprint density at radius 1 is 1.06 bits per heavy atom. The van der Waals surface area contributed by atoms with E-state index in [9.17, 15) is 23.6 Å². The number of hydrogen-bond donors (Lipinski definition) is 2. The van der Waals surface area contributed by atoms with Gasteiger partial charge in [-0.15, -0.1) is 0 Å².